The second-order valence-corrected chi connectivity index (χ2v) is 4.07. The van der Waals surface area contributed by atoms with Gasteiger partial charge in [-0.2, -0.15) is 5.10 Å². The number of rotatable bonds is 3. The van der Waals surface area contributed by atoms with Crippen LogP contribution < -0.4 is 0 Å². The standard InChI is InChI=1S/C12H12ClN3O2/c1-3-18-12(17)10-4-9(6-14-11(10)13)16-7-8(2)5-15-16/h4-7H,3H2,1-2H3. The summed E-state index contributed by atoms with van der Waals surface area (Å²) in [6, 6.07) is 1.61. The van der Waals surface area contributed by atoms with Crippen LogP contribution in [0.15, 0.2) is 24.7 Å². The van der Waals surface area contributed by atoms with Crippen molar-refractivity contribution in [1.82, 2.24) is 14.8 Å². The second-order valence-electron chi connectivity index (χ2n) is 3.71. The first kappa shape index (κ1) is 12.6. The highest BCUT2D eigenvalue weighted by molar-refractivity contribution is 6.32. The van der Waals surface area contributed by atoms with Crippen LogP contribution >= 0.6 is 11.6 Å². The largest absolute Gasteiger partial charge is 0.462 e. The number of esters is 1. The lowest BCUT2D eigenvalue weighted by Crippen LogP contribution is -2.08. The highest BCUT2D eigenvalue weighted by atomic mass is 35.5. The molecule has 18 heavy (non-hydrogen) atoms. The quantitative estimate of drug-likeness (QED) is 0.632. The van der Waals surface area contributed by atoms with Crippen molar-refractivity contribution < 1.29 is 9.53 Å². The molecule has 0 atom stereocenters. The smallest absolute Gasteiger partial charge is 0.341 e. The summed E-state index contributed by atoms with van der Waals surface area (Å²) in [6.45, 7) is 3.96. The van der Waals surface area contributed by atoms with E-state index >= 15 is 0 Å². The van der Waals surface area contributed by atoms with Crippen LogP contribution in [-0.2, 0) is 4.74 Å². The molecule has 2 rings (SSSR count). The zero-order valence-electron chi connectivity index (χ0n) is 10.1. The highest BCUT2D eigenvalue weighted by Gasteiger charge is 2.14. The topological polar surface area (TPSA) is 57.0 Å². The number of aromatic nitrogens is 3. The molecule has 0 radical (unpaired) electrons. The van der Waals surface area contributed by atoms with Gasteiger partial charge in [0.1, 0.15) is 5.15 Å². The molecule has 0 unspecified atom stereocenters. The summed E-state index contributed by atoms with van der Waals surface area (Å²) in [4.78, 5) is 15.6. The molecule has 0 N–H and O–H groups in total. The number of hydrogen-bond donors (Lipinski definition) is 0. The molecule has 0 saturated carbocycles. The lowest BCUT2D eigenvalue weighted by Gasteiger charge is -2.06. The predicted molar refractivity (Wildman–Crippen MR) is 67.1 cm³/mol. The summed E-state index contributed by atoms with van der Waals surface area (Å²) in [5.74, 6) is -0.485. The first-order chi connectivity index (χ1) is 8.61. The maximum atomic E-state index is 11.7. The van der Waals surface area contributed by atoms with Gasteiger partial charge in [0, 0.05) is 6.20 Å². The molecular weight excluding hydrogens is 254 g/mol. The number of pyridine rings is 1. The molecule has 0 fully saturated rings. The van der Waals surface area contributed by atoms with Crippen molar-refractivity contribution in [1.29, 1.82) is 0 Å². The molecule has 0 aliphatic heterocycles. The van der Waals surface area contributed by atoms with E-state index in [1.165, 1.54) is 0 Å². The number of aryl methyl sites for hydroxylation is 1. The van der Waals surface area contributed by atoms with Gasteiger partial charge in [-0.25, -0.2) is 14.5 Å². The summed E-state index contributed by atoms with van der Waals surface area (Å²) in [5.41, 5.74) is 1.92. The highest BCUT2D eigenvalue weighted by Crippen LogP contribution is 2.18. The van der Waals surface area contributed by atoms with Crippen LogP contribution in [0.2, 0.25) is 5.15 Å². The van der Waals surface area contributed by atoms with Gasteiger partial charge in [-0.05, 0) is 25.5 Å². The summed E-state index contributed by atoms with van der Waals surface area (Å²) in [7, 11) is 0. The van der Waals surface area contributed by atoms with Crippen molar-refractivity contribution in [2.45, 2.75) is 13.8 Å². The fraction of sp³-hybridized carbons (Fsp3) is 0.250. The van der Waals surface area contributed by atoms with E-state index in [2.05, 4.69) is 10.1 Å². The minimum atomic E-state index is -0.485. The number of halogens is 1. The Morgan fingerprint density at radius 2 is 2.28 bits per heavy atom. The number of carbonyl (C=O) groups is 1. The van der Waals surface area contributed by atoms with Crippen LogP contribution in [0, 0.1) is 6.92 Å². The van der Waals surface area contributed by atoms with Gasteiger partial charge in [-0.1, -0.05) is 11.6 Å². The Kier molecular flexibility index (Phi) is 3.62. The molecule has 2 aromatic rings. The average Bonchev–Trinajstić information content (AvgIpc) is 2.77. The van der Waals surface area contributed by atoms with E-state index in [0.717, 1.165) is 5.56 Å². The molecule has 0 saturated heterocycles. The fourth-order valence-corrected chi connectivity index (χ4v) is 1.65. The maximum Gasteiger partial charge on any atom is 0.341 e. The Bertz CT molecular complexity index is 580. The van der Waals surface area contributed by atoms with Crippen molar-refractivity contribution in [3.05, 3.63) is 40.9 Å². The number of hydrogen-bond acceptors (Lipinski definition) is 4. The van der Waals surface area contributed by atoms with Gasteiger partial charge in [-0.15, -0.1) is 0 Å². The second kappa shape index (κ2) is 5.18. The van der Waals surface area contributed by atoms with Crippen LogP contribution in [0.3, 0.4) is 0 Å². The van der Waals surface area contributed by atoms with Gasteiger partial charge in [0.15, 0.2) is 0 Å². The monoisotopic (exact) mass is 265 g/mol. The van der Waals surface area contributed by atoms with E-state index in [9.17, 15) is 4.79 Å². The van der Waals surface area contributed by atoms with E-state index in [1.54, 1.807) is 30.1 Å². The SMILES string of the molecule is CCOC(=O)c1cc(-n2cc(C)cn2)cnc1Cl. The summed E-state index contributed by atoms with van der Waals surface area (Å²) in [6.07, 6.45) is 5.11. The van der Waals surface area contributed by atoms with Crippen LogP contribution in [0.25, 0.3) is 5.69 Å². The third-order valence-electron chi connectivity index (χ3n) is 2.30. The Labute approximate surface area is 109 Å². The van der Waals surface area contributed by atoms with Gasteiger partial charge in [-0.3, -0.25) is 0 Å². The van der Waals surface area contributed by atoms with Crippen LogP contribution in [0.1, 0.15) is 22.8 Å². The van der Waals surface area contributed by atoms with Gasteiger partial charge < -0.3 is 4.74 Å². The third-order valence-corrected chi connectivity index (χ3v) is 2.60. The molecule has 2 aromatic heterocycles. The Morgan fingerprint density at radius 1 is 1.50 bits per heavy atom. The van der Waals surface area contributed by atoms with E-state index in [4.69, 9.17) is 16.3 Å². The van der Waals surface area contributed by atoms with E-state index in [0.29, 0.717) is 12.3 Å². The van der Waals surface area contributed by atoms with Crippen LogP contribution in [0.4, 0.5) is 0 Å². The molecule has 5 nitrogen and oxygen atoms in total. The molecule has 0 aliphatic carbocycles. The van der Waals surface area contributed by atoms with E-state index < -0.39 is 5.97 Å². The number of carbonyl (C=O) groups excluding carboxylic acids is 1. The third kappa shape index (κ3) is 2.51. The van der Waals surface area contributed by atoms with Crippen molar-refractivity contribution >= 4 is 17.6 Å². The van der Waals surface area contributed by atoms with E-state index in [1.807, 2.05) is 13.1 Å². The van der Waals surface area contributed by atoms with Crippen molar-refractivity contribution in [2.75, 3.05) is 6.61 Å². The number of ether oxygens (including phenoxy) is 1. The minimum Gasteiger partial charge on any atom is -0.462 e. The van der Waals surface area contributed by atoms with Crippen molar-refractivity contribution in [3.8, 4) is 5.69 Å². The molecular formula is C12H12ClN3O2. The first-order valence-corrected chi connectivity index (χ1v) is 5.84. The van der Waals surface area contributed by atoms with Gasteiger partial charge in [0.05, 0.1) is 30.3 Å². The Balaban J connectivity index is 2.40. The molecule has 0 spiro atoms. The van der Waals surface area contributed by atoms with E-state index in [-0.39, 0.29) is 10.7 Å². The Morgan fingerprint density at radius 3 is 2.89 bits per heavy atom. The molecule has 0 bridgehead atoms. The summed E-state index contributed by atoms with van der Waals surface area (Å²) < 4.78 is 6.54. The fourth-order valence-electron chi connectivity index (χ4n) is 1.47. The molecule has 94 valence electrons. The zero-order chi connectivity index (χ0) is 13.1. The predicted octanol–water partition coefficient (Wildman–Crippen LogP) is 2.41. The minimum absolute atomic E-state index is 0.126. The number of nitrogens with zero attached hydrogens (tertiary/aromatic N) is 3. The van der Waals surface area contributed by atoms with Crippen LogP contribution in [-0.4, -0.2) is 27.3 Å². The normalized spacial score (nSPS) is 10.4. The van der Waals surface area contributed by atoms with Crippen molar-refractivity contribution in [2.24, 2.45) is 0 Å². The zero-order valence-corrected chi connectivity index (χ0v) is 10.8. The van der Waals surface area contributed by atoms with Gasteiger partial charge >= 0.3 is 5.97 Å². The lowest BCUT2D eigenvalue weighted by atomic mass is 10.2. The summed E-state index contributed by atoms with van der Waals surface area (Å²) >= 11 is 5.88. The lowest BCUT2D eigenvalue weighted by molar-refractivity contribution is 0.0526. The molecule has 0 aliphatic rings. The molecule has 6 heteroatoms. The van der Waals surface area contributed by atoms with Gasteiger partial charge in [0.25, 0.3) is 0 Å². The molecule has 0 aromatic carbocycles. The van der Waals surface area contributed by atoms with Crippen LogP contribution in [0.5, 0.6) is 0 Å². The summed E-state index contributed by atoms with van der Waals surface area (Å²) in [5, 5.41) is 4.27. The molecule has 0 amide bonds. The van der Waals surface area contributed by atoms with Gasteiger partial charge in [0.2, 0.25) is 0 Å². The first-order valence-electron chi connectivity index (χ1n) is 5.46. The van der Waals surface area contributed by atoms with Crippen molar-refractivity contribution in [3.63, 3.8) is 0 Å². The maximum absolute atomic E-state index is 11.7. The average molecular weight is 266 g/mol. The molecule has 2 heterocycles. The Hall–Kier alpha value is -1.88.